The summed E-state index contributed by atoms with van der Waals surface area (Å²) in [5, 5.41) is 24.4. The lowest BCUT2D eigenvalue weighted by atomic mass is 9.96. The molecule has 0 bridgehead atoms. The van der Waals surface area contributed by atoms with Crippen molar-refractivity contribution in [2.75, 3.05) is 19.5 Å². The number of nitrogen functional groups attached to an aromatic ring is 1. The second-order valence-electron chi connectivity index (χ2n) is 7.55. The minimum absolute atomic E-state index is 0.0442. The van der Waals surface area contributed by atoms with Crippen LogP contribution in [0.15, 0.2) is 36.7 Å². The maximum absolute atomic E-state index is 12.2. The predicted molar refractivity (Wildman–Crippen MR) is 115 cm³/mol. The molecule has 0 amide bonds. The quantitative estimate of drug-likeness (QED) is 0.345. The molecule has 1 aliphatic heterocycles. The number of ether oxygens (including phenoxy) is 2. The maximum atomic E-state index is 12.2. The Hall–Kier alpha value is -2.60. The Morgan fingerprint density at radius 3 is 2.81 bits per heavy atom. The van der Waals surface area contributed by atoms with E-state index in [1.807, 2.05) is 30.3 Å². The molecule has 1 unspecified atom stereocenters. The molecule has 0 spiro atoms. The van der Waals surface area contributed by atoms with E-state index in [4.69, 9.17) is 19.7 Å². The van der Waals surface area contributed by atoms with Crippen molar-refractivity contribution >= 4 is 25.3 Å². The average molecular weight is 464 g/mol. The lowest BCUT2D eigenvalue weighted by Gasteiger charge is -2.27. The first-order chi connectivity index (χ1) is 15.3. The van der Waals surface area contributed by atoms with Crippen molar-refractivity contribution in [1.29, 1.82) is 0 Å². The summed E-state index contributed by atoms with van der Waals surface area (Å²) in [4.78, 5) is 12.3. The molecule has 32 heavy (non-hydrogen) atoms. The fourth-order valence-corrected chi connectivity index (χ4v) is 4.34. The van der Waals surface area contributed by atoms with Gasteiger partial charge < -0.3 is 29.9 Å². The third-order valence-electron chi connectivity index (χ3n) is 5.27. The van der Waals surface area contributed by atoms with Crippen LogP contribution in [0.1, 0.15) is 18.7 Å². The number of nitrogens with zero attached hydrogens (tertiary/aromatic N) is 4. The van der Waals surface area contributed by atoms with Crippen LogP contribution in [-0.2, 0) is 20.4 Å². The van der Waals surface area contributed by atoms with E-state index in [2.05, 4.69) is 20.0 Å². The maximum Gasteiger partial charge on any atom is 0.258 e. The molecule has 13 heteroatoms. The number of nitrogens with one attached hydrogen (secondary N) is 1. The van der Waals surface area contributed by atoms with Crippen LogP contribution in [0.2, 0.25) is 0 Å². The first kappa shape index (κ1) is 22.6. The van der Waals surface area contributed by atoms with E-state index in [1.54, 1.807) is 0 Å². The number of methoxy groups -OCH3 is 1. The molecule has 0 aliphatic carbocycles. The number of aliphatic hydroxyl groups excluding tert-OH is 1. The number of hydrogen-bond donors (Lipinski definition) is 4. The zero-order valence-corrected chi connectivity index (χ0v) is 18.5. The summed E-state index contributed by atoms with van der Waals surface area (Å²) in [5.74, 6) is 0.129. The molecule has 0 radical (unpaired) electrons. The van der Waals surface area contributed by atoms with Crippen LogP contribution in [0.25, 0.3) is 11.2 Å². The van der Waals surface area contributed by atoms with Crippen molar-refractivity contribution in [3.05, 3.63) is 42.2 Å². The summed E-state index contributed by atoms with van der Waals surface area (Å²) < 4.78 is 30.1. The minimum atomic E-state index is -2.60. The van der Waals surface area contributed by atoms with Gasteiger partial charge in [0.2, 0.25) is 11.8 Å². The van der Waals surface area contributed by atoms with Crippen molar-refractivity contribution in [3.63, 3.8) is 0 Å². The highest BCUT2D eigenvalue weighted by molar-refractivity contribution is 7.36. The smallest absolute Gasteiger partial charge is 0.258 e. The Morgan fingerprint density at radius 2 is 2.09 bits per heavy atom. The molecule has 1 aliphatic rings. The monoisotopic (exact) mass is 464 g/mol. The summed E-state index contributed by atoms with van der Waals surface area (Å²) in [6.45, 7) is 1.60. The first-order valence-corrected chi connectivity index (χ1v) is 11.2. The van der Waals surface area contributed by atoms with Crippen molar-refractivity contribution in [2.45, 2.75) is 37.5 Å². The van der Waals surface area contributed by atoms with Crippen LogP contribution in [0.5, 0.6) is 5.88 Å². The number of hydrogen-bond acceptors (Lipinski definition) is 10. The number of aromatic nitrogens is 4. The van der Waals surface area contributed by atoms with Crippen LogP contribution < -0.4 is 15.6 Å². The van der Waals surface area contributed by atoms with Gasteiger partial charge in [-0.15, -0.1) is 0 Å². The van der Waals surface area contributed by atoms with Crippen LogP contribution in [0.4, 0.5) is 5.95 Å². The number of aliphatic hydroxyl groups is 2. The van der Waals surface area contributed by atoms with Gasteiger partial charge in [0.05, 0.1) is 20.0 Å². The molecule has 4 rings (SSSR count). The number of benzene rings is 1. The van der Waals surface area contributed by atoms with Crippen molar-refractivity contribution < 1.29 is 28.8 Å². The molecule has 5 atom stereocenters. The van der Waals surface area contributed by atoms with Gasteiger partial charge in [0, 0.05) is 6.54 Å². The highest BCUT2D eigenvalue weighted by Crippen LogP contribution is 2.40. The fourth-order valence-electron chi connectivity index (χ4n) is 3.58. The molecule has 1 aromatic carbocycles. The number of fused-ring (bicyclic) bond motifs is 1. The third-order valence-corrected chi connectivity index (χ3v) is 6.16. The molecule has 12 nitrogen and oxygen atoms in total. The van der Waals surface area contributed by atoms with Gasteiger partial charge >= 0.3 is 0 Å². The van der Waals surface area contributed by atoms with E-state index in [0.717, 1.165) is 5.56 Å². The van der Waals surface area contributed by atoms with Gasteiger partial charge in [0.1, 0.15) is 17.8 Å². The zero-order chi connectivity index (χ0) is 22.9. The second-order valence-corrected chi connectivity index (χ2v) is 8.77. The van der Waals surface area contributed by atoms with Gasteiger partial charge in [-0.25, -0.2) is 10.1 Å². The van der Waals surface area contributed by atoms with Gasteiger partial charge in [0.15, 0.2) is 17.4 Å². The topological polar surface area (TPSA) is 167 Å². The van der Waals surface area contributed by atoms with E-state index in [0.29, 0.717) is 12.1 Å². The third kappa shape index (κ3) is 4.33. The van der Waals surface area contributed by atoms with E-state index in [1.165, 1.54) is 24.9 Å². The van der Waals surface area contributed by atoms with E-state index >= 15 is 0 Å². The van der Waals surface area contributed by atoms with Crippen LogP contribution in [0.3, 0.4) is 0 Å². The predicted octanol–water partition coefficient (Wildman–Crippen LogP) is 0.622. The van der Waals surface area contributed by atoms with Crippen LogP contribution >= 0.6 is 8.18 Å². The SMILES string of the molecule is COc1nc(N)nc2c1ncn2[C@@H]1O[C@H](CO[PH](=O)NCc2ccccc2)[C@@H](O)[C@@]1(C)O. The van der Waals surface area contributed by atoms with Gasteiger partial charge in [-0.1, -0.05) is 30.3 Å². The Morgan fingerprint density at radius 1 is 1.34 bits per heavy atom. The van der Waals surface area contributed by atoms with Crippen molar-refractivity contribution in [3.8, 4) is 5.88 Å². The highest BCUT2D eigenvalue weighted by Gasteiger charge is 2.53. The minimum Gasteiger partial charge on any atom is -0.479 e. The van der Waals surface area contributed by atoms with Crippen LogP contribution in [0, 0.1) is 0 Å². The summed E-state index contributed by atoms with van der Waals surface area (Å²) in [5.41, 5.74) is 5.58. The van der Waals surface area contributed by atoms with Gasteiger partial charge in [-0.2, -0.15) is 9.97 Å². The van der Waals surface area contributed by atoms with Crippen molar-refractivity contribution in [2.24, 2.45) is 0 Å². The fraction of sp³-hybridized carbons (Fsp3) is 0.421. The molecule has 3 heterocycles. The molecule has 0 saturated carbocycles. The first-order valence-electron chi connectivity index (χ1n) is 9.85. The highest BCUT2D eigenvalue weighted by atomic mass is 31.1. The summed E-state index contributed by atoms with van der Waals surface area (Å²) in [6.07, 6.45) is -1.94. The number of rotatable bonds is 8. The number of imidazole rings is 1. The molecular weight excluding hydrogens is 439 g/mol. The molecule has 172 valence electrons. The molecular formula is C19H25N6O6P. The van der Waals surface area contributed by atoms with Crippen LogP contribution in [-0.4, -0.2) is 61.3 Å². The van der Waals surface area contributed by atoms with Gasteiger partial charge in [-0.3, -0.25) is 9.13 Å². The largest absolute Gasteiger partial charge is 0.479 e. The van der Waals surface area contributed by atoms with E-state index < -0.39 is 32.2 Å². The molecule has 1 saturated heterocycles. The summed E-state index contributed by atoms with van der Waals surface area (Å²) in [7, 11) is -1.17. The number of nitrogens with two attached hydrogens (primary N) is 1. The second kappa shape index (κ2) is 9.10. The number of anilines is 1. The lowest BCUT2D eigenvalue weighted by Crippen LogP contribution is -2.44. The lowest BCUT2D eigenvalue weighted by molar-refractivity contribution is -0.0947. The summed E-state index contributed by atoms with van der Waals surface area (Å²) in [6, 6.07) is 9.45. The Kier molecular flexibility index (Phi) is 6.42. The molecule has 5 N–H and O–H groups in total. The molecule has 1 fully saturated rings. The molecule has 3 aromatic rings. The Labute approximate surface area is 184 Å². The standard InChI is InChI=1S/C19H25N6O6P/c1-19(27)14(26)12(9-30-32(28)22-8-11-6-4-3-5-7-11)31-17(19)25-10-21-13-15(25)23-18(20)24-16(13)29-2/h3-7,10,12,14,17,26-27,32H,8-9H2,1-2H3,(H,22,28)(H2,20,23,24)/t12-,14-,17-,19-/m1/s1. The van der Waals surface area contributed by atoms with Crippen molar-refractivity contribution in [1.82, 2.24) is 24.6 Å². The normalized spacial score (nSPS) is 26.4. The zero-order valence-electron chi connectivity index (χ0n) is 17.5. The summed E-state index contributed by atoms with van der Waals surface area (Å²) >= 11 is 0. The Balaban J connectivity index is 1.46. The Bertz CT molecular complexity index is 1110. The van der Waals surface area contributed by atoms with E-state index in [-0.39, 0.29) is 24.1 Å². The molecule has 2 aromatic heterocycles. The van der Waals surface area contributed by atoms with E-state index in [9.17, 15) is 14.8 Å². The van der Waals surface area contributed by atoms with Gasteiger partial charge in [0.25, 0.3) is 8.18 Å². The average Bonchev–Trinajstić information content (AvgIpc) is 3.29. The van der Waals surface area contributed by atoms with Gasteiger partial charge in [-0.05, 0) is 12.5 Å².